The molecule has 0 aliphatic rings. The summed E-state index contributed by atoms with van der Waals surface area (Å²) in [5.74, 6) is 1.80. The summed E-state index contributed by atoms with van der Waals surface area (Å²) in [6.07, 6.45) is 0.159. The molecule has 3 rings (SSSR count). The molecule has 0 amide bonds. The van der Waals surface area contributed by atoms with E-state index in [1.165, 1.54) is 0 Å². The standard InChI is InChI=1S/C18H18ClN3O2/c1-12(2)23-16-8-6-15(7-9-16)20-11-17-21-22-18(24-17)13-4-3-5-14(19)10-13/h3-10,12,20H,11H2,1-2H3. The highest BCUT2D eigenvalue weighted by Gasteiger charge is 2.09. The Balaban J connectivity index is 1.61. The number of nitrogens with zero attached hydrogens (tertiary/aromatic N) is 2. The number of rotatable bonds is 6. The van der Waals surface area contributed by atoms with E-state index in [0.29, 0.717) is 23.3 Å². The maximum Gasteiger partial charge on any atom is 0.247 e. The van der Waals surface area contributed by atoms with Gasteiger partial charge in [-0.25, -0.2) is 0 Å². The molecule has 0 saturated heterocycles. The van der Waals surface area contributed by atoms with Crippen molar-refractivity contribution >= 4 is 17.3 Å². The fraction of sp³-hybridized carbons (Fsp3) is 0.222. The average Bonchev–Trinajstić information content (AvgIpc) is 3.03. The molecular weight excluding hydrogens is 326 g/mol. The molecule has 124 valence electrons. The number of ether oxygens (including phenoxy) is 1. The van der Waals surface area contributed by atoms with Gasteiger partial charge in [0.2, 0.25) is 11.8 Å². The van der Waals surface area contributed by atoms with Crippen molar-refractivity contribution in [2.24, 2.45) is 0 Å². The third-order valence-electron chi connectivity index (χ3n) is 3.21. The molecule has 0 aliphatic carbocycles. The normalized spacial score (nSPS) is 10.8. The predicted molar refractivity (Wildman–Crippen MR) is 94.3 cm³/mol. The molecule has 0 fully saturated rings. The zero-order valence-electron chi connectivity index (χ0n) is 13.5. The molecule has 0 atom stereocenters. The van der Waals surface area contributed by atoms with Gasteiger partial charge in [-0.3, -0.25) is 0 Å². The Bertz CT molecular complexity index is 800. The van der Waals surface area contributed by atoms with Crippen LogP contribution in [0.3, 0.4) is 0 Å². The number of anilines is 1. The van der Waals surface area contributed by atoms with Gasteiger partial charge in [0.1, 0.15) is 5.75 Å². The molecule has 0 aliphatic heterocycles. The van der Waals surface area contributed by atoms with Crippen LogP contribution in [-0.4, -0.2) is 16.3 Å². The monoisotopic (exact) mass is 343 g/mol. The Labute approximate surface area is 145 Å². The van der Waals surface area contributed by atoms with Crippen LogP contribution in [0.1, 0.15) is 19.7 Å². The fourth-order valence-corrected chi connectivity index (χ4v) is 2.35. The number of nitrogens with one attached hydrogen (secondary N) is 1. The van der Waals surface area contributed by atoms with Crippen LogP contribution < -0.4 is 10.1 Å². The van der Waals surface area contributed by atoms with Gasteiger partial charge in [0.25, 0.3) is 0 Å². The van der Waals surface area contributed by atoms with Crippen LogP contribution in [0.5, 0.6) is 5.75 Å². The van der Waals surface area contributed by atoms with Crippen molar-refractivity contribution in [3.63, 3.8) is 0 Å². The van der Waals surface area contributed by atoms with Gasteiger partial charge in [-0.2, -0.15) is 0 Å². The summed E-state index contributed by atoms with van der Waals surface area (Å²) >= 11 is 5.97. The Hall–Kier alpha value is -2.53. The quantitative estimate of drug-likeness (QED) is 0.697. The van der Waals surface area contributed by atoms with Crippen LogP contribution >= 0.6 is 11.6 Å². The molecule has 1 aromatic heterocycles. The maximum atomic E-state index is 5.97. The molecule has 5 nitrogen and oxygen atoms in total. The zero-order chi connectivity index (χ0) is 16.9. The van der Waals surface area contributed by atoms with Crippen LogP contribution in [0.2, 0.25) is 5.02 Å². The molecule has 1 N–H and O–H groups in total. The molecule has 6 heteroatoms. The molecule has 0 unspecified atom stereocenters. The number of hydrogen-bond donors (Lipinski definition) is 1. The third-order valence-corrected chi connectivity index (χ3v) is 3.44. The van der Waals surface area contributed by atoms with Crippen molar-refractivity contribution in [2.75, 3.05) is 5.32 Å². The first-order valence-corrected chi connectivity index (χ1v) is 8.07. The second kappa shape index (κ2) is 7.36. The molecule has 3 aromatic rings. The van der Waals surface area contributed by atoms with Crippen molar-refractivity contribution in [1.82, 2.24) is 10.2 Å². The Kier molecular flexibility index (Phi) is 5.01. The molecule has 1 heterocycles. The minimum Gasteiger partial charge on any atom is -0.491 e. The van der Waals surface area contributed by atoms with E-state index in [2.05, 4.69) is 15.5 Å². The van der Waals surface area contributed by atoms with Crippen LogP contribution in [0.15, 0.2) is 52.9 Å². The highest BCUT2D eigenvalue weighted by Crippen LogP contribution is 2.22. The van der Waals surface area contributed by atoms with Crippen LogP contribution in [0.25, 0.3) is 11.5 Å². The lowest BCUT2D eigenvalue weighted by Crippen LogP contribution is -2.05. The Morgan fingerprint density at radius 1 is 1.12 bits per heavy atom. The number of halogens is 1. The fourth-order valence-electron chi connectivity index (χ4n) is 2.16. The maximum absolute atomic E-state index is 5.97. The summed E-state index contributed by atoms with van der Waals surface area (Å²) in [6, 6.07) is 15.1. The second-order valence-corrected chi connectivity index (χ2v) is 5.99. The SMILES string of the molecule is CC(C)Oc1ccc(NCc2nnc(-c3cccc(Cl)c3)o2)cc1. The molecule has 2 aromatic carbocycles. The summed E-state index contributed by atoms with van der Waals surface area (Å²) in [7, 11) is 0. The van der Waals surface area contributed by atoms with E-state index < -0.39 is 0 Å². The van der Waals surface area contributed by atoms with Crippen molar-refractivity contribution < 1.29 is 9.15 Å². The summed E-state index contributed by atoms with van der Waals surface area (Å²) in [6.45, 7) is 4.44. The largest absolute Gasteiger partial charge is 0.491 e. The van der Waals surface area contributed by atoms with Crippen molar-refractivity contribution in [3.05, 3.63) is 59.4 Å². The van der Waals surface area contributed by atoms with E-state index in [-0.39, 0.29) is 6.10 Å². The molecule has 0 radical (unpaired) electrons. The average molecular weight is 344 g/mol. The Morgan fingerprint density at radius 3 is 2.62 bits per heavy atom. The van der Waals surface area contributed by atoms with Gasteiger partial charge in [0.05, 0.1) is 12.6 Å². The van der Waals surface area contributed by atoms with E-state index in [0.717, 1.165) is 17.0 Å². The second-order valence-electron chi connectivity index (χ2n) is 5.56. The van der Waals surface area contributed by atoms with Gasteiger partial charge in [0.15, 0.2) is 0 Å². The van der Waals surface area contributed by atoms with Gasteiger partial charge in [-0.05, 0) is 56.3 Å². The predicted octanol–water partition coefficient (Wildman–Crippen LogP) is 4.79. The van der Waals surface area contributed by atoms with Crippen LogP contribution in [0.4, 0.5) is 5.69 Å². The van der Waals surface area contributed by atoms with Crippen LogP contribution in [0, 0.1) is 0 Å². The third kappa shape index (κ3) is 4.26. The van der Waals surface area contributed by atoms with E-state index in [1.54, 1.807) is 12.1 Å². The highest BCUT2D eigenvalue weighted by molar-refractivity contribution is 6.30. The van der Waals surface area contributed by atoms with E-state index in [9.17, 15) is 0 Å². The first-order valence-electron chi connectivity index (χ1n) is 7.69. The molecule has 0 spiro atoms. The minimum absolute atomic E-state index is 0.159. The van der Waals surface area contributed by atoms with Crippen molar-refractivity contribution in [1.29, 1.82) is 0 Å². The van der Waals surface area contributed by atoms with E-state index >= 15 is 0 Å². The van der Waals surface area contributed by atoms with Crippen LogP contribution in [-0.2, 0) is 6.54 Å². The zero-order valence-corrected chi connectivity index (χ0v) is 14.2. The molecule has 0 bridgehead atoms. The van der Waals surface area contributed by atoms with Gasteiger partial charge >= 0.3 is 0 Å². The van der Waals surface area contributed by atoms with E-state index in [4.69, 9.17) is 20.8 Å². The van der Waals surface area contributed by atoms with Crippen molar-refractivity contribution in [3.8, 4) is 17.2 Å². The van der Waals surface area contributed by atoms with Crippen molar-refractivity contribution in [2.45, 2.75) is 26.5 Å². The van der Waals surface area contributed by atoms with Gasteiger partial charge < -0.3 is 14.5 Å². The number of hydrogen-bond acceptors (Lipinski definition) is 5. The lowest BCUT2D eigenvalue weighted by molar-refractivity contribution is 0.242. The topological polar surface area (TPSA) is 60.2 Å². The van der Waals surface area contributed by atoms with E-state index in [1.807, 2.05) is 50.2 Å². The molecule has 24 heavy (non-hydrogen) atoms. The van der Waals surface area contributed by atoms with Gasteiger partial charge in [-0.1, -0.05) is 17.7 Å². The number of benzene rings is 2. The lowest BCUT2D eigenvalue weighted by Gasteiger charge is -2.10. The van der Waals surface area contributed by atoms with Gasteiger partial charge in [-0.15, -0.1) is 10.2 Å². The first kappa shape index (κ1) is 16.3. The summed E-state index contributed by atoms with van der Waals surface area (Å²) < 4.78 is 11.3. The smallest absolute Gasteiger partial charge is 0.247 e. The minimum atomic E-state index is 0.159. The first-order chi connectivity index (χ1) is 11.6. The summed E-state index contributed by atoms with van der Waals surface area (Å²) in [4.78, 5) is 0. The Morgan fingerprint density at radius 2 is 1.92 bits per heavy atom. The van der Waals surface area contributed by atoms with Gasteiger partial charge in [0, 0.05) is 16.3 Å². The molecular formula is C18H18ClN3O2. The number of aromatic nitrogens is 2. The summed E-state index contributed by atoms with van der Waals surface area (Å²) in [5.41, 5.74) is 1.75. The molecule has 0 saturated carbocycles. The highest BCUT2D eigenvalue weighted by atomic mass is 35.5. The summed E-state index contributed by atoms with van der Waals surface area (Å²) in [5, 5.41) is 12.0. The lowest BCUT2D eigenvalue weighted by atomic mass is 10.2.